The van der Waals surface area contributed by atoms with E-state index in [0.29, 0.717) is 47.4 Å². The lowest BCUT2D eigenvalue weighted by molar-refractivity contribution is 0.0976. The summed E-state index contributed by atoms with van der Waals surface area (Å²) in [7, 11) is 7.59. The van der Waals surface area contributed by atoms with Gasteiger partial charge in [-0.1, -0.05) is 41.9 Å². The van der Waals surface area contributed by atoms with Crippen molar-refractivity contribution in [3.05, 3.63) is 93.5 Å². The van der Waals surface area contributed by atoms with Crippen LogP contribution in [0.2, 0.25) is 5.02 Å². The first-order valence-corrected chi connectivity index (χ1v) is 20.4. The molecule has 51 heavy (non-hydrogen) atoms. The van der Waals surface area contributed by atoms with E-state index in [9.17, 15) is 4.79 Å². The summed E-state index contributed by atoms with van der Waals surface area (Å²) in [6.07, 6.45) is 1.33. The van der Waals surface area contributed by atoms with Crippen molar-refractivity contribution < 1.29 is 9.53 Å². The van der Waals surface area contributed by atoms with Crippen molar-refractivity contribution >= 4 is 85.9 Å². The highest BCUT2D eigenvalue weighted by Crippen LogP contribution is 2.39. The number of allylic oxidation sites excluding steroid dienone is 1. The van der Waals surface area contributed by atoms with Gasteiger partial charge >= 0.3 is 0 Å². The molecule has 2 aromatic heterocycles. The Morgan fingerprint density at radius 3 is 2.75 bits per heavy atom. The Morgan fingerprint density at radius 2 is 1.94 bits per heavy atom. The number of amides is 1. The van der Waals surface area contributed by atoms with Gasteiger partial charge in [-0.3, -0.25) is 19.2 Å². The maximum Gasteiger partial charge on any atom is 0.278 e. The van der Waals surface area contributed by atoms with Crippen LogP contribution in [0.3, 0.4) is 0 Å². The predicted molar refractivity (Wildman–Crippen MR) is 219 cm³/mol. The lowest BCUT2D eigenvalue weighted by atomic mass is 9.96. The molecule has 0 saturated carbocycles. The molecule has 13 heteroatoms. The van der Waals surface area contributed by atoms with Gasteiger partial charge in [0.05, 0.1) is 22.8 Å². The summed E-state index contributed by atoms with van der Waals surface area (Å²) in [6.45, 7) is 3.22. The Bertz CT molecular complexity index is 2140. The van der Waals surface area contributed by atoms with Gasteiger partial charge in [-0.2, -0.15) is 5.10 Å². The molecule has 1 aliphatic heterocycles. The van der Waals surface area contributed by atoms with Gasteiger partial charge in [0.25, 0.3) is 5.91 Å². The first-order chi connectivity index (χ1) is 24.7. The van der Waals surface area contributed by atoms with Crippen molar-refractivity contribution in [3.8, 4) is 5.75 Å². The molecule has 8 bridgehead atoms. The van der Waals surface area contributed by atoms with Crippen LogP contribution in [-0.4, -0.2) is 64.7 Å². The fourth-order valence-corrected chi connectivity index (χ4v) is 9.22. The fourth-order valence-electron chi connectivity index (χ4n) is 6.54. The van der Waals surface area contributed by atoms with Gasteiger partial charge in [0.1, 0.15) is 11.4 Å². The lowest BCUT2D eigenvalue weighted by Crippen LogP contribution is -2.23. The first kappa shape index (κ1) is 37.2. The van der Waals surface area contributed by atoms with Crippen molar-refractivity contribution in [2.24, 2.45) is 24.8 Å². The second-order valence-electron chi connectivity index (χ2n) is 12.4. The van der Waals surface area contributed by atoms with Gasteiger partial charge in [-0.25, -0.2) is 0 Å². The molecule has 1 aliphatic rings. The number of aryl methyl sites for hydroxylation is 3. The quantitative estimate of drug-likeness (QED) is 0.0921. The van der Waals surface area contributed by atoms with E-state index >= 15 is 0 Å². The number of nitrogens with one attached hydrogen (secondary N) is 2. The van der Waals surface area contributed by atoms with Gasteiger partial charge in [-0.05, 0) is 74.0 Å². The smallest absolute Gasteiger partial charge is 0.278 e. The van der Waals surface area contributed by atoms with Crippen LogP contribution in [0.15, 0.2) is 70.2 Å². The van der Waals surface area contributed by atoms with E-state index in [4.69, 9.17) is 27.2 Å². The summed E-state index contributed by atoms with van der Waals surface area (Å²) in [5.41, 5.74) is 14.5. The topological polar surface area (TPSA) is 111 Å². The standard InChI is InChI=1S/C38H44ClN7O2S3/c1-23(42-3)34-32(40)22-49-20-25-18-26(46(5)43-25)21-50-27-17-24-9-6-7-10-28(24)33(19-27)48-15-8-11-29-30-12-13-31(39)35(34)36(30)45(4)37(29)38(47)44-51-16-14-41-2/h6-7,9-10,12-13,17-19,41H,8,11,14-16,20-22,40H2,1-5H3,(H,44,47)/b34-32+,42-23?. The minimum atomic E-state index is -0.150. The number of nitrogens with zero attached hydrogens (tertiary/aromatic N) is 4. The molecule has 0 aliphatic carbocycles. The summed E-state index contributed by atoms with van der Waals surface area (Å²) in [6, 6.07) is 18.8. The van der Waals surface area contributed by atoms with E-state index in [0.717, 1.165) is 84.2 Å². The Balaban J connectivity index is 1.48. The Kier molecular flexibility index (Phi) is 12.3. The van der Waals surface area contributed by atoms with Crippen LogP contribution in [0.1, 0.15) is 46.3 Å². The predicted octanol–water partition coefficient (Wildman–Crippen LogP) is 7.63. The van der Waals surface area contributed by atoms with Crippen molar-refractivity contribution in [2.45, 2.75) is 36.2 Å². The van der Waals surface area contributed by atoms with E-state index < -0.39 is 0 Å². The third-order valence-corrected chi connectivity index (χ3v) is 12.1. The maximum absolute atomic E-state index is 14.0. The summed E-state index contributed by atoms with van der Waals surface area (Å²) >= 11 is 11.9. The molecule has 5 aromatic rings. The van der Waals surface area contributed by atoms with Gasteiger partial charge in [-0.15, -0.1) is 23.5 Å². The number of carbonyl (C=O) groups is 1. The molecular formula is C38H44ClN7O2S3. The fraction of sp³-hybridized carbons (Fsp3) is 0.342. The number of hydrogen-bond donors (Lipinski definition) is 3. The molecule has 0 unspecified atom stereocenters. The largest absolute Gasteiger partial charge is 0.493 e. The van der Waals surface area contributed by atoms with E-state index in [1.165, 1.54) is 11.9 Å². The molecule has 3 aromatic carbocycles. The van der Waals surface area contributed by atoms with Crippen LogP contribution in [0.25, 0.3) is 27.2 Å². The molecule has 6 rings (SSSR count). The average Bonchev–Trinajstić information content (AvgIpc) is 3.62. The van der Waals surface area contributed by atoms with Crippen LogP contribution in [-0.2, 0) is 32.0 Å². The highest BCUT2D eigenvalue weighted by atomic mass is 35.5. The summed E-state index contributed by atoms with van der Waals surface area (Å²) in [5.74, 6) is 3.48. The number of thioether (sulfide) groups is 2. The highest BCUT2D eigenvalue weighted by molar-refractivity contribution is 7.99. The third kappa shape index (κ3) is 8.10. The van der Waals surface area contributed by atoms with Crippen molar-refractivity contribution in [1.29, 1.82) is 0 Å². The summed E-state index contributed by atoms with van der Waals surface area (Å²) in [4.78, 5) is 19.7. The number of aliphatic imine (C=N–C) groups is 1. The van der Waals surface area contributed by atoms with E-state index in [2.05, 4.69) is 51.4 Å². The van der Waals surface area contributed by atoms with Crippen LogP contribution in [0.5, 0.6) is 5.75 Å². The van der Waals surface area contributed by atoms with Crippen molar-refractivity contribution in [1.82, 2.24) is 24.4 Å². The second-order valence-corrected chi connectivity index (χ2v) is 15.8. The molecule has 4 N–H and O–H groups in total. The minimum absolute atomic E-state index is 0.150. The molecule has 0 spiro atoms. The number of ether oxygens (including phenoxy) is 1. The molecule has 0 fully saturated rings. The van der Waals surface area contributed by atoms with Gasteiger partial charge in [0.15, 0.2) is 0 Å². The normalized spacial score (nSPS) is 16.3. The number of aromatic nitrogens is 3. The van der Waals surface area contributed by atoms with Gasteiger partial charge < -0.3 is 20.4 Å². The molecule has 268 valence electrons. The van der Waals surface area contributed by atoms with Crippen LogP contribution in [0.4, 0.5) is 0 Å². The molecule has 3 heterocycles. The summed E-state index contributed by atoms with van der Waals surface area (Å²) in [5, 5.41) is 11.7. The Labute approximate surface area is 317 Å². The van der Waals surface area contributed by atoms with Crippen molar-refractivity contribution in [3.63, 3.8) is 0 Å². The Morgan fingerprint density at radius 1 is 1.12 bits per heavy atom. The van der Waals surface area contributed by atoms with E-state index in [1.807, 2.05) is 55.5 Å². The first-order valence-electron chi connectivity index (χ1n) is 16.9. The second kappa shape index (κ2) is 16.9. The van der Waals surface area contributed by atoms with Crippen LogP contribution >= 0.6 is 47.1 Å². The van der Waals surface area contributed by atoms with E-state index in [-0.39, 0.29) is 5.91 Å². The number of carbonyl (C=O) groups excluding carboxylic acids is 1. The van der Waals surface area contributed by atoms with Crippen LogP contribution < -0.4 is 20.5 Å². The third-order valence-electron chi connectivity index (χ3n) is 9.06. The zero-order valence-electron chi connectivity index (χ0n) is 29.6. The lowest BCUT2D eigenvalue weighted by Gasteiger charge is -2.17. The number of benzene rings is 3. The number of halogens is 1. The highest BCUT2D eigenvalue weighted by Gasteiger charge is 2.27. The Hall–Kier alpha value is -3.55. The monoisotopic (exact) mass is 761 g/mol. The molecular weight excluding hydrogens is 718 g/mol. The number of hydrogen-bond acceptors (Lipinski definition) is 9. The summed E-state index contributed by atoms with van der Waals surface area (Å²) < 4.78 is 13.6. The molecule has 0 radical (unpaired) electrons. The SMILES string of the molecule is CN=C(C)/C1=C(\N)CSCc2cc(n(C)n2)CSc2cc(c3ccccc3c2)OCCCc2c(C(=O)NSCCNC)n(C)c3c1c(Cl)ccc23. The zero-order chi connectivity index (χ0) is 36.1. The average molecular weight is 762 g/mol. The number of rotatable bonds is 6. The molecule has 0 saturated heterocycles. The molecule has 9 nitrogen and oxygen atoms in total. The minimum Gasteiger partial charge on any atom is -0.493 e. The van der Waals surface area contributed by atoms with Crippen LogP contribution in [0, 0.1) is 0 Å². The maximum atomic E-state index is 14.0. The van der Waals surface area contributed by atoms with Crippen molar-refractivity contribution in [2.75, 3.05) is 38.8 Å². The molecule has 0 atom stereocenters. The zero-order valence-corrected chi connectivity index (χ0v) is 32.8. The molecule has 1 amide bonds. The van der Waals surface area contributed by atoms with E-state index in [1.54, 1.807) is 30.6 Å². The van der Waals surface area contributed by atoms with Gasteiger partial charge in [0, 0.05) is 94.6 Å². The van der Waals surface area contributed by atoms with Gasteiger partial charge in [0.2, 0.25) is 0 Å². The number of fused-ring (bicyclic) bond motifs is 6. The number of nitrogens with two attached hydrogens (primary N) is 1.